The number of hydrogen-bond donors (Lipinski definition) is 0. The number of rotatable bonds is 3. The number of carbonyl (C=O) groups is 1. The van der Waals surface area contributed by atoms with Gasteiger partial charge in [-0.05, 0) is 24.6 Å². The number of nitrogens with zero attached hydrogens (tertiary/aromatic N) is 4. The van der Waals surface area contributed by atoms with Crippen LogP contribution in [0.5, 0.6) is 5.88 Å². The number of pyridine rings is 1. The topological polar surface area (TPSA) is 77.9 Å². The van der Waals surface area contributed by atoms with Gasteiger partial charge in [-0.3, -0.25) is 4.79 Å². The lowest BCUT2D eigenvalue weighted by Gasteiger charge is -2.06. The molecule has 4 rings (SSSR count). The summed E-state index contributed by atoms with van der Waals surface area (Å²) in [7, 11) is 1.53. The molecule has 4 aromatic rings. The van der Waals surface area contributed by atoms with Gasteiger partial charge in [0.1, 0.15) is 21.0 Å². The molecule has 0 atom stereocenters. The van der Waals surface area contributed by atoms with Crippen LogP contribution in [0, 0.1) is 12.7 Å². The summed E-state index contributed by atoms with van der Waals surface area (Å²) in [4.78, 5) is 28.7. The van der Waals surface area contributed by atoms with Crippen LogP contribution < -0.4 is 4.74 Å². The Bertz CT molecular complexity index is 1140. The van der Waals surface area contributed by atoms with Gasteiger partial charge >= 0.3 is 0 Å². The monoisotopic (exact) mass is 354 g/mol. The summed E-state index contributed by atoms with van der Waals surface area (Å²) < 4.78 is 18.9. The third kappa shape index (κ3) is 2.60. The highest BCUT2D eigenvalue weighted by molar-refractivity contribution is 7.21. The number of aryl methyl sites for hydroxylation is 1. The first-order valence-corrected chi connectivity index (χ1v) is 8.14. The van der Waals surface area contributed by atoms with Gasteiger partial charge in [0.2, 0.25) is 5.88 Å². The van der Waals surface area contributed by atoms with E-state index in [2.05, 4.69) is 19.9 Å². The Balaban J connectivity index is 1.97. The van der Waals surface area contributed by atoms with Crippen LogP contribution in [0.3, 0.4) is 0 Å². The van der Waals surface area contributed by atoms with Gasteiger partial charge in [-0.2, -0.15) is 0 Å². The van der Waals surface area contributed by atoms with E-state index in [-0.39, 0.29) is 5.69 Å². The number of halogens is 1. The first-order valence-electron chi connectivity index (χ1n) is 7.33. The van der Waals surface area contributed by atoms with E-state index in [4.69, 9.17) is 4.74 Å². The third-order valence-electron chi connectivity index (χ3n) is 3.68. The average molecular weight is 354 g/mol. The Morgan fingerprint density at radius 2 is 2.00 bits per heavy atom. The van der Waals surface area contributed by atoms with Crippen molar-refractivity contribution in [1.82, 2.24) is 19.9 Å². The third-order valence-corrected chi connectivity index (χ3v) is 4.68. The zero-order valence-electron chi connectivity index (χ0n) is 13.3. The van der Waals surface area contributed by atoms with Crippen LogP contribution in [0.4, 0.5) is 4.39 Å². The summed E-state index contributed by atoms with van der Waals surface area (Å²) >= 11 is 1.28. The maximum atomic E-state index is 13.8. The van der Waals surface area contributed by atoms with Crippen LogP contribution in [0.15, 0.2) is 24.4 Å². The molecule has 0 unspecified atom stereocenters. The van der Waals surface area contributed by atoms with Crippen LogP contribution in [0.2, 0.25) is 0 Å². The molecule has 0 radical (unpaired) electrons. The Morgan fingerprint density at radius 3 is 2.76 bits per heavy atom. The maximum Gasteiger partial charge on any atom is 0.232 e. The number of carbonyl (C=O) groups excluding carboxylic acids is 1. The number of thiazole rings is 1. The van der Waals surface area contributed by atoms with Crippen molar-refractivity contribution in [3.8, 4) is 16.5 Å². The molecule has 124 valence electrons. The largest absolute Gasteiger partial charge is 0.480 e. The zero-order valence-corrected chi connectivity index (χ0v) is 14.1. The van der Waals surface area contributed by atoms with E-state index in [1.165, 1.54) is 30.7 Å². The number of aromatic nitrogens is 4. The zero-order chi connectivity index (χ0) is 17.6. The van der Waals surface area contributed by atoms with Crippen molar-refractivity contribution < 1.29 is 13.9 Å². The molecular weight excluding hydrogens is 343 g/mol. The van der Waals surface area contributed by atoms with Crippen molar-refractivity contribution in [3.05, 3.63) is 41.5 Å². The average Bonchev–Trinajstić information content (AvgIpc) is 3.02. The first-order chi connectivity index (χ1) is 12.1. The molecule has 3 aromatic heterocycles. The summed E-state index contributed by atoms with van der Waals surface area (Å²) in [5.41, 5.74) is 3.29. The van der Waals surface area contributed by atoms with Crippen molar-refractivity contribution in [3.63, 3.8) is 0 Å². The minimum absolute atomic E-state index is 0.221. The minimum atomic E-state index is -0.682. The van der Waals surface area contributed by atoms with Gasteiger partial charge in [0.15, 0.2) is 12.1 Å². The standard InChI is InChI=1S/C17H11FN4O2S/c1-8-3-9(15-11(4-8)20-14(24-2)6-19-15)16-21-12-5-10(18)13(7-23)22-17(12)25-16/h3-7H,1-2H3. The van der Waals surface area contributed by atoms with Gasteiger partial charge in [0, 0.05) is 11.6 Å². The molecule has 0 amide bonds. The Labute approximate surface area is 145 Å². The summed E-state index contributed by atoms with van der Waals surface area (Å²) in [5.74, 6) is -0.259. The molecule has 3 heterocycles. The van der Waals surface area contributed by atoms with Crippen molar-refractivity contribution in [2.45, 2.75) is 6.92 Å². The van der Waals surface area contributed by atoms with Gasteiger partial charge in [0.05, 0.1) is 24.3 Å². The summed E-state index contributed by atoms with van der Waals surface area (Å²) in [6.45, 7) is 1.94. The van der Waals surface area contributed by atoms with E-state index in [0.29, 0.717) is 38.6 Å². The van der Waals surface area contributed by atoms with Crippen LogP contribution in [0.1, 0.15) is 16.1 Å². The number of hydrogen-bond acceptors (Lipinski definition) is 7. The minimum Gasteiger partial charge on any atom is -0.480 e. The van der Waals surface area contributed by atoms with Crippen molar-refractivity contribution >= 4 is 39.0 Å². The van der Waals surface area contributed by atoms with Gasteiger partial charge in [0.25, 0.3) is 0 Å². The van der Waals surface area contributed by atoms with Crippen LogP contribution >= 0.6 is 11.3 Å². The van der Waals surface area contributed by atoms with E-state index in [1.54, 1.807) is 0 Å². The van der Waals surface area contributed by atoms with Gasteiger partial charge < -0.3 is 4.74 Å². The normalized spacial score (nSPS) is 11.2. The van der Waals surface area contributed by atoms with Crippen LogP contribution in [0.25, 0.3) is 32.0 Å². The van der Waals surface area contributed by atoms with Crippen molar-refractivity contribution in [1.29, 1.82) is 0 Å². The fourth-order valence-corrected chi connectivity index (χ4v) is 3.51. The summed E-state index contributed by atoms with van der Waals surface area (Å²) in [5, 5.41) is 0.637. The highest BCUT2D eigenvalue weighted by atomic mass is 32.1. The van der Waals surface area contributed by atoms with Crippen LogP contribution in [-0.4, -0.2) is 33.3 Å². The van der Waals surface area contributed by atoms with E-state index in [1.807, 2.05) is 19.1 Å². The predicted octanol–water partition coefficient (Wildman–Crippen LogP) is 3.57. The smallest absolute Gasteiger partial charge is 0.232 e. The molecule has 6 nitrogen and oxygen atoms in total. The summed E-state index contributed by atoms with van der Waals surface area (Å²) in [6.07, 6.45) is 1.94. The Morgan fingerprint density at radius 1 is 1.16 bits per heavy atom. The lowest BCUT2D eigenvalue weighted by atomic mass is 10.1. The second-order valence-corrected chi connectivity index (χ2v) is 6.39. The molecule has 0 aliphatic rings. The van der Waals surface area contributed by atoms with E-state index in [0.717, 1.165) is 11.1 Å². The molecule has 0 saturated carbocycles. The number of aldehydes is 1. The second kappa shape index (κ2) is 5.82. The molecule has 0 bridgehead atoms. The highest BCUT2D eigenvalue weighted by Gasteiger charge is 2.15. The second-order valence-electron chi connectivity index (χ2n) is 5.41. The van der Waals surface area contributed by atoms with E-state index >= 15 is 0 Å². The SMILES string of the molecule is COc1cnc2c(-c3nc4cc(F)c(C=O)nc4s3)cc(C)cc2n1. The van der Waals surface area contributed by atoms with Crippen molar-refractivity contribution in [2.75, 3.05) is 7.11 Å². The number of benzene rings is 1. The molecule has 0 aliphatic carbocycles. The van der Waals surface area contributed by atoms with Gasteiger partial charge in [-0.15, -0.1) is 0 Å². The Kier molecular flexibility index (Phi) is 3.61. The molecule has 8 heteroatoms. The fourth-order valence-electron chi connectivity index (χ4n) is 2.56. The maximum absolute atomic E-state index is 13.8. The lowest BCUT2D eigenvalue weighted by Crippen LogP contribution is -1.93. The molecule has 0 aliphatic heterocycles. The number of ether oxygens (including phenoxy) is 1. The lowest BCUT2D eigenvalue weighted by molar-refractivity contribution is 0.111. The molecule has 1 aromatic carbocycles. The molecule has 25 heavy (non-hydrogen) atoms. The quantitative estimate of drug-likeness (QED) is 0.524. The molecular formula is C17H11FN4O2S. The van der Waals surface area contributed by atoms with Gasteiger partial charge in [-0.25, -0.2) is 24.3 Å². The fraction of sp³-hybridized carbons (Fsp3) is 0.118. The molecule has 0 fully saturated rings. The Hall–Kier alpha value is -3.00. The summed E-state index contributed by atoms with van der Waals surface area (Å²) in [6, 6.07) is 5.07. The number of methoxy groups -OCH3 is 1. The van der Waals surface area contributed by atoms with E-state index in [9.17, 15) is 9.18 Å². The van der Waals surface area contributed by atoms with Crippen LogP contribution in [-0.2, 0) is 0 Å². The van der Waals surface area contributed by atoms with E-state index < -0.39 is 5.82 Å². The highest BCUT2D eigenvalue weighted by Crippen LogP contribution is 2.34. The first kappa shape index (κ1) is 15.5. The van der Waals surface area contributed by atoms with Crippen molar-refractivity contribution in [2.24, 2.45) is 0 Å². The number of fused-ring (bicyclic) bond motifs is 2. The predicted molar refractivity (Wildman–Crippen MR) is 92.6 cm³/mol. The molecule has 0 N–H and O–H groups in total. The molecule has 0 saturated heterocycles. The molecule has 0 spiro atoms. The van der Waals surface area contributed by atoms with Gasteiger partial charge in [-0.1, -0.05) is 11.3 Å².